The monoisotopic (exact) mass is 258 g/mol. The van der Waals surface area contributed by atoms with Crippen LogP contribution in [0.2, 0.25) is 0 Å². The fraction of sp³-hybridized carbons (Fsp3) is 0.727. The van der Waals surface area contributed by atoms with E-state index in [0.717, 1.165) is 6.16 Å². The van der Waals surface area contributed by atoms with E-state index in [1.54, 1.807) is 7.11 Å². The first kappa shape index (κ1) is 10.9. The molecule has 3 nitrogen and oxygen atoms in total. The molecule has 2 saturated heterocycles. The molecule has 2 bridgehead atoms. The van der Waals surface area contributed by atoms with Crippen LogP contribution in [0.5, 0.6) is 0 Å². The number of ether oxygens (including phenoxy) is 2. The Morgan fingerprint density at radius 3 is 3.00 bits per heavy atom. The molecule has 5 atom stereocenters. The first-order chi connectivity index (χ1) is 7.42. The first-order valence-corrected chi connectivity index (χ1v) is 8.57. The molecular formula is C11H15O3PS. The molecule has 3 aliphatic rings. The van der Waals surface area contributed by atoms with Gasteiger partial charge in [-0.25, -0.2) is 0 Å². The van der Waals surface area contributed by atoms with Gasteiger partial charge in [-0.15, -0.1) is 0 Å². The molecule has 3 heterocycles. The summed E-state index contributed by atoms with van der Waals surface area (Å²) in [6.07, 6.45) is 0.570. The van der Waals surface area contributed by atoms with Crippen LogP contribution in [0, 0.1) is 11.3 Å². The standard InChI is InChI=1S/C11H15O3PS/c1-6-4-15(16)5-11(6,2)7-8(15)10(13-3)14-9(7)12/h4,7-8,10H,5H2,1-3H3/t7?,8?,10-,11?,15?/m1/s1. The minimum Gasteiger partial charge on any atom is -0.435 e. The van der Waals surface area contributed by atoms with Gasteiger partial charge < -0.3 is 9.47 Å². The second kappa shape index (κ2) is 2.98. The third kappa shape index (κ3) is 1.04. The van der Waals surface area contributed by atoms with E-state index in [1.165, 1.54) is 5.57 Å². The normalized spacial score (nSPS) is 53.8. The predicted octanol–water partition coefficient (Wildman–Crippen LogP) is 1.92. The van der Waals surface area contributed by atoms with E-state index in [-0.39, 0.29) is 23.0 Å². The summed E-state index contributed by atoms with van der Waals surface area (Å²) in [4.78, 5) is 11.9. The summed E-state index contributed by atoms with van der Waals surface area (Å²) in [6.45, 7) is 4.24. The van der Waals surface area contributed by atoms with Crippen LogP contribution in [0.3, 0.4) is 0 Å². The van der Waals surface area contributed by atoms with E-state index in [1.807, 2.05) is 0 Å². The van der Waals surface area contributed by atoms with Gasteiger partial charge in [-0.05, 0) is 19.1 Å². The topological polar surface area (TPSA) is 35.5 Å². The van der Waals surface area contributed by atoms with E-state index in [9.17, 15) is 4.79 Å². The van der Waals surface area contributed by atoms with Crippen molar-refractivity contribution in [1.29, 1.82) is 0 Å². The van der Waals surface area contributed by atoms with Crippen molar-refractivity contribution in [3.63, 3.8) is 0 Å². The van der Waals surface area contributed by atoms with E-state index >= 15 is 0 Å². The molecule has 3 rings (SSSR count). The molecule has 5 heteroatoms. The Bertz CT molecular complexity index is 458. The quantitative estimate of drug-likeness (QED) is 0.532. The number of carbonyl (C=O) groups is 1. The summed E-state index contributed by atoms with van der Waals surface area (Å²) < 4.78 is 10.6. The van der Waals surface area contributed by atoms with Gasteiger partial charge in [0, 0.05) is 12.5 Å². The lowest BCUT2D eigenvalue weighted by atomic mass is 9.73. The molecule has 0 aromatic rings. The fourth-order valence-corrected chi connectivity index (χ4v) is 9.92. The average Bonchev–Trinajstić information content (AvgIpc) is 2.72. The zero-order chi connectivity index (χ0) is 11.7. The molecule has 0 radical (unpaired) electrons. The van der Waals surface area contributed by atoms with Crippen LogP contribution in [-0.4, -0.2) is 31.2 Å². The molecule has 0 aromatic heterocycles. The maximum absolute atomic E-state index is 11.9. The highest BCUT2D eigenvalue weighted by molar-refractivity contribution is 8.16. The second-order valence-electron chi connectivity index (χ2n) is 5.25. The Morgan fingerprint density at radius 1 is 1.69 bits per heavy atom. The third-order valence-corrected chi connectivity index (χ3v) is 9.38. The molecule has 0 spiro atoms. The number of methoxy groups -OCH3 is 1. The number of esters is 1. The number of fused-ring (bicyclic) bond motifs is 5. The van der Waals surface area contributed by atoms with E-state index in [4.69, 9.17) is 21.3 Å². The SMILES string of the molecule is CO[C@@H]1OC(=O)C2C1P1(=S)C=C(C)C2(C)C1. The summed E-state index contributed by atoms with van der Waals surface area (Å²) >= 11 is 5.82. The van der Waals surface area contributed by atoms with Gasteiger partial charge in [-0.3, -0.25) is 4.79 Å². The molecule has 0 N–H and O–H groups in total. The number of cyclic esters (lactones) is 1. The molecular weight excluding hydrogens is 243 g/mol. The summed E-state index contributed by atoms with van der Waals surface area (Å²) in [5.74, 6) is 2.07. The maximum atomic E-state index is 11.9. The maximum Gasteiger partial charge on any atom is 0.313 e. The van der Waals surface area contributed by atoms with Crippen molar-refractivity contribution in [3.05, 3.63) is 11.4 Å². The van der Waals surface area contributed by atoms with Crippen molar-refractivity contribution in [2.45, 2.75) is 25.8 Å². The minimum atomic E-state index is -1.61. The Hall–Kier alpha value is -0.180. The van der Waals surface area contributed by atoms with Crippen molar-refractivity contribution in [2.24, 2.45) is 11.3 Å². The summed E-state index contributed by atoms with van der Waals surface area (Å²) in [7, 11) is 1.59. The Labute approximate surface area is 100 Å². The lowest BCUT2D eigenvalue weighted by molar-refractivity contribution is -0.160. The van der Waals surface area contributed by atoms with Gasteiger partial charge in [-0.1, -0.05) is 30.1 Å². The van der Waals surface area contributed by atoms with Crippen LogP contribution in [0.4, 0.5) is 0 Å². The van der Waals surface area contributed by atoms with Gasteiger partial charge in [-0.2, -0.15) is 0 Å². The van der Waals surface area contributed by atoms with Gasteiger partial charge in [0.2, 0.25) is 6.29 Å². The average molecular weight is 258 g/mol. The largest absolute Gasteiger partial charge is 0.435 e. The molecule has 4 unspecified atom stereocenters. The molecule has 88 valence electrons. The number of allylic oxidation sites excluding steroid dienone is 1. The summed E-state index contributed by atoms with van der Waals surface area (Å²) in [5, 5.41) is 0. The zero-order valence-corrected chi connectivity index (χ0v) is 11.3. The van der Waals surface area contributed by atoms with Crippen LogP contribution in [0.1, 0.15) is 13.8 Å². The van der Waals surface area contributed by atoms with Crippen molar-refractivity contribution < 1.29 is 14.3 Å². The lowest BCUT2D eigenvalue weighted by Gasteiger charge is -2.29. The van der Waals surface area contributed by atoms with Gasteiger partial charge in [0.25, 0.3) is 0 Å². The zero-order valence-electron chi connectivity index (χ0n) is 9.60. The highest BCUT2D eigenvalue weighted by Gasteiger charge is 2.68. The van der Waals surface area contributed by atoms with Crippen molar-refractivity contribution in [2.75, 3.05) is 13.3 Å². The highest BCUT2D eigenvalue weighted by atomic mass is 32.4. The van der Waals surface area contributed by atoms with Gasteiger partial charge in [0.15, 0.2) is 0 Å². The minimum absolute atomic E-state index is 0.0618. The number of hydrogen-bond acceptors (Lipinski definition) is 4. The lowest BCUT2D eigenvalue weighted by Crippen LogP contribution is -2.34. The number of rotatable bonds is 1. The van der Waals surface area contributed by atoms with Gasteiger partial charge in [0.05, 0.1) is 11.6 Å². The summed E-state index contributed by atoms with van der Waals surface area (Å²) in [6, 6.07) is -1.61. The number of hydrogen-bond donors (Lipinski definition) is 0. The molecule has 0 aliphatic carbocycles. The van der Waals surface area contributed by atoms with Crippen molar-refractivity contribution in [3.8, 4) is 0 Å². The Morgan fingerprint density at radius 2 is 2.38 bits per heavy atom. The van der Waals surface area contributed by atoms with E-state index in [0.29, 0.717) is 0 Å². The Kier molecular flexibility index (Phi) is 2.04. The molecule has 0 amide bonds. The Balaban J connectivity index is 2.16. The molecule has 16 heavy (non-hydrogen) atoms. The smallest absolute Gasteiger partial charge is 0.313 e. The van der Waals surface area contributed by atoms with Crippen LogP contribution in [0.25, 0.3) is 0 Å². The van der Waals surface area contributed by atoms with Crippen molar-refractivity contribution >= 4 is 23.8 Å². The van der Waals surface area contributed by atoms with E-state index in [2.05, 4.69) is 19.7 Å². The van der Waals surface area contributed by atoms with Crippen LogP contribution < -0.4 is 0 Å². The predicted molar refractivity (Wildman–Crippen MR) is 65.2 cm³/mol. The molecule has 3 aliphatic heterocycles. The molecule has 2 fully saturated rings. The van der Waals surface area contributed by atoms with Crippen LogP contribution >= 0.6 is 6.04 Å². The van der Waals surface area contributed by atoms with Crippen LogP contribution in [-0.2, 0) is 26.1 Å². The van der Waals surface area contributed by atoms with Gasteiger partial charge >= 0.3 is 5.97 Å². The third-order valence-electron chi connectivity index (χ3n) is 4.42. The first-order valence-electron chi connectivity index (χ1n) is 5.44. The highest BCUT2D eigenvalue weighted by Crippen LogP contribution is 2.77. The second-order valence-corrected chi connectivity index (χ2v) is 10.2. The summed E-state index contributed by atoms with van der Waals surface area (Å²) in [5.41, 5.74) is 1.34. The van der Waals surface area contributed by atoms with Gasteiger partial charge in [0.1, 0.15) is 0 Å². The molecule has 0 aromatic carbocycles. The van der Waals surface area contributed by atoms with Crippen molar-refractivity contribution in [1.82, 2.24) is 0 Å². The molecule has 0 saturated carbocycles. The van der Waals surface area contributed by atoms with Crippen LogP contribution in [0.15, 0.2) is 11.4 Å². The fourth-order valence-electron chi connectivity index (χ4n) is 3.53. The van der Waals surface area contributed by atoms with E-state index < -0.39 is 12.3 Å². The number of carbonyl (C=O) groups excluding carboxylic acids is 1.